The van der Waals surface area contributed by atoms with E-state index in [-0.39, 0.29) is 0 Å². The van der Waals surface area contributed by atoms with Crippen molar-refractivity contribution in [2.75, 3.05) is 19.6 Å². The lowest BCUT2D eigenvalue weighted by molar-refractivity contribution is -0.0485. The molecule has 0 unspecified atom stereocenters. The van der Waals surface area contributed by atoms with Crippen molar-refractivity contribution >= 4 is 5.91 Å². The first-order chi connectivity index (χ1) is 14.6. The Kier molecular flexibility index (Phi) is 6.18. The minimum Gasteiger partial charge on any atom is -0.294 e. The molecule has 30 heavy (non-hydrogen) atoms. The average molecular weight is 409 g/mol. The Balaban J connectivity index is 1.44. The second-order valence-corrected chi connectivity index (χ2v) is 8.82. The van der Waals surface area contributed by atoms with Gasteiger partial charge in [0.25, 0.3) is 5.91 Å². The average Bonchev–Trinajstić information content (AvgIpc) is 2.76. The molecule has 1 atom stereocenters. The molecule has 6 heteroatoms. The van der Waals surface area contributed by atoms with Crippen molar-refractivity contribution in [3.8, 4) is 0 Å². The Bertz CT molecular complexity index is 859. The summed E-state index contributed by atoms with van der Waals surface area (Å²) < 4.78 is 0. The number of hydrogen-bond donors (Lipinski definition) is 2. The van der Waals surface area contributed by atoms with Crippen LogP contribution in [0.1, 0.15) is 53.7 Å². The van der Waals surface area contributed by atoms with E-state index in [9.17, 15) is 4.79 Å². The molecule has 0 aromatic carbocycles. The van der Waals surface area contributed by atoms with Gasteiger partial charge in [-0.2, -0.15) is 0 Å². The predicted octanol–water partition coefficient (Wildman–Crippen LogP) is 3.24. The summed E-state index contributed by atoms with van der Waals surface area (Å²) in [6, 6.07) is 2.44. The largest absolute Gasteiger partial charge is 0.294 e. The van der Waals surface area contributed by atoms with Crippen molar-refractivity contribution in [1.82, 2.24) is 20.3 Å². The molecule has 1 saturated heterocycles. The maximum absolute atomic E-state index is 11.7. The quantitative estimate of drug-likeness (QED) is 0.430. The summed E-state index contributed by atoms with van der Waals surface area (Å²) in [4.78, 5) is 21.5. The summed E-state index contributed by atoms with van der Waals surface area (Å²) in [5.41, 5.74) is 5.85. The summed E-state index contributed by atoms with van der Waals surface area (Å²) in [5, 5.41) is 8.85. The van der Waals surface area contributed by atoms with Crippen molar-refractivity contribution in [2.45, 2.75) is 56.7 Å². The Morgan fingerprint density at radius 3 is 2.87 bits per heavy atom. The summed E-state index contributed by atoms with van der Waals surface area (Å²) in [6.07, 6.45) is 14.6. The fourth-order valence-electron chi connectivity index (χ4n) is 5.37. The molecule has 2 fully saturated rings. The van der Waals surface area contributed by atoms with Crippen molar-refractivity contribution in [3.05, 3.63) is 66.0 Å². The Hall–Kier alpha value is -2.28. The summed E-state index contributed by atoms with van der Waals surface area (Å²) >= 11 is 0. The first-order valence-electron chi connectivity index (χ1n) is 10.9. The molecule has 3 heterocycles. The first kappa shape index (κ1) is 21.0. The number of amides is 1. The van der Waals surface area contributed by atoms with Crippen LogP contribution in [0.15, 0.2) is 49.2 Å². The lowest BCUT2D eigenvalue weighted by Crippen LogP contribution is -2.62. The molecule has 6 nitrogen and oxygen atoms in total. The van der Waals surface area contributed by atoms with Crippen LogP contribution in [0.2, 0.25) is 0 Å². The first-order valence-corrected chi connectivity index (χ1v) is 10.9. The van der Waals surface area contributed by atoms with Crippen LogP contribution in [-0.2, 0) is 13.0 Å². The van der Waals surface area contributed by atoms with Crippen LogP contribution in [-0.4, -0.2) is 57.1 Å². The number of nitrogens with zero attached hydrogens (tertiary/aromatic N) is 3. The highest BCUT2D eigenvalue weighted by atomic mass is 16.5. The number of allylic oxidation sites excluding steroid dienone is 2. The van der Waals surface area contributed by atoms with Gasteiger partial charge in [0.2, 0.25) is 0 Å². The number of nitrogens with one attached hydrogen (secondary N) is 1. The van der Waals surface area contributed by atoms with Gasteiger partial charge in [0.05, 0.1) is 11.3 Å². The lowest BCUT2D eigenvalue weighted by atomic mass is 9.68. The molecular weight excluding hydrogens is 376 g/mol. The van der Waals surface area contributed by atoms with Gasteiger partial charge >= 0.3 is 0 Å². The van der Waals surface area contributed by atoms with Gasteiger partial charge in [-0.3, -0.25) is 24.8 Å². The second-order valence-electron chi connectivity index (χ2n) is 8.82. The Morgan fingerprint density at radius 1 is 1.37 bits per heavy atom. The molecule has 2 aliphatic heterocycles. The third-order valence-electron chi connectivity index (χ3n) is 7.23. The zero-order valence-corrected chi connectivity index (χ0v) is 17.6. The van der Waals surface area contributed by atoms with Crippen molar-refractivity contribution in [2.24, 2.45) is 0 Å². The van der Waals surface area contributed by atoms with Crippen LogP contribution in [0.4, 0.5) is 0 Å². The minimum atomic E-state index is -0.503. The van der Waals surface area contributed by atoms with Crippen LogP contribution < -0.4 is 5.48 Å². The highest BCUT2D eigenvalue weighted by molar-refractivity contribution is 5.93. The number of piperidine rings is 1. The van der Waals surface area contributed by atoms with Crippen LogP contribution in [0.5, 0.6) is 0 Å². The maximum Gasteiger partial charge on any atom is 0.276 e. The van der Waals surface area contributed by atoms with Gasteiger partial charge in [-0.1, -0.05) is 31.4 Å². The summed E-state index contributed by atoms with van der Waals surface area (Å²) in [5.74, 6) is -0.503. The number of carbonyl (C=O) groups is 1. The van der Waals surface area contributed by atoms with Crippen molar-refractivity contribution in [3.63, 3.8) is 0 Å². The number of fused-ring (bicyclic) bond motifs is 1. The Morgan fingerprint density at radius 2 is 2.20 bits per heavy atom. The molecule has 2 N–H and O–H groups in total. The fourth-order valence-corrected chi connectivity index (χ4v) is 5.37. The van der Waals surface area contributed by atoms with E-state index in [1.54, 1.807) is 11.7 Å². The molecular formula is C24H32N4O2. The number of pyridine rings is 1. The van der Waals surface area contributed by atoms with Gasteiger partial charge in [0, 0.05) is 44.0 Å². The van der Waals surface area contributed by atoms with Crippen LogP contribution in [0, 0.1) is 0 Å². The van der Waals surface area contributed by atoms with E-state index < -0.39 is 5.91 Å². The molecule has 1 amide bonds. The number of hydrogen-bond acceptors (Lipinski definition) is 5. The van der Waals surface area contributed by atoms with Crippen molar-refractivity contribution in [1.29, 1.82) is 0 Å². The topological polar surface area (TPSA) is 68.7 Å². The number of hydroxylamine groups is 1. The fraction of sp³-hybridized carbons (Fsp3) is 0.500. The van der Waals surface area contributed by atoms with Crippen LogP contribution >= 0.6 is 0 Å². The molecule has 0 radical (unpaired) electrons. The van der Waals surface area contributed by atoms with Gasteiger partial charge in [-0.05, 0) is 55.7 Å². The molecule has 4 rings (SSSR count). The van der Waals surface area contributed by atoms with E-state index >= 15 is 0 Å². The molecule has 1 aromatic heterocycles. The normalized spacial score (nSPS) is 24.0. The third-order valence-corrected chi connectivity index (χ3v) is 7.23. The molecule has 160 valence electrons. The highest BCUT2D eigenvalue weighted by Gasteiger charge is 2.47. The van der Waals surface area contributed by atoms with Gasteiger partial charge < -0.3 is 0 Å². The molecule has 0 bridgehead atoms. The molecule has 3 aliphatic rings. The molecule has 1 spiro atoms. The maximum atomic E-state index is 11.7. The monoisotopic (exact) mass is 408 g/mol. The van der Waals surface area contributed by atoms with Gasteiger partial charge in [0.15, 0.2) is 0 Å². The Labute approximate surface area is 178 Å². The van der Waals surface area contributed by atoms with E-state index in [1.165, 1.54) is 37.7 Å². The van der Waals surface area contributed by atoms with E-state index in [1.807, 2.05) is 18.2 Å². The highest BCUT2D eigenvalue weighted by Crippen LogP contribution is 2.46. The summed E-state index contributed by atoms with van der Waals surface area (Å²) in [7, 11) is 0. The van der Waals surface area contributed by atoms with Crippen LogP contribution in [0.3, 0.4) is 0 Å². The zero-order chi connectivity index (χ0) is 21.1. The second kappa shape index (κ2) is 8.84. The van der Waals surface area contributed by atoms with Gasteiger partial charge in [0.1, 0.15) is 0 Å². The SMILES string of the molecule is C=C/C=C(\C=C)CN1CC[C@@H](N2CCc3cc(C(=O)NO)cnc3C2)CC12CCC2. The van der Waals surface area contributed by atoms with Gasteiger partial charge in [-0.25, -0.2) is 5.48 Å². The molecule has 1 saturated carbocycles. The smallest absolute Gasteiger partial charge is 0.276 e. The predicted molar refractivity (Wildman–Crippen MR) is 117 cm³/mol. The van der Waals surface area contributed by atoms with Crippen molar-refractivity contribution < 1.29 is 10.0 Å². The third kappa shape index (κ3) is 4.00. The summed E-state index contributed by atoms with van der Waals surface area (Å²) in [6.45, 7) is 11.7. The number of rotatable bonds is 6. The van der Waals surface area contributed by atoms with Gasteiger partial charge in [-0.15, -0.1) is 0 Å². The van der Waals surface area contributed by atoms with E-state index in [4.69, 9.17) is 5.21 Å². The zero-order valence-electron chi connectivity index (χ0n) is 17.6. The number of likely N-dealkylation sites (tertiary alicyclic amines) is 1. The molecule has 1 aromatic rings. The standard InChI is InChI=1S/C24H32N4O2/c1-3-6-18(4-2)16-28-12-8-21(14-24(28)9-5-10-24)27-11-7-19-13-20(23(29)26-30)15-25-22(19)17-27/h3-4,6,13,15,21,30H,1-2,5,7-12,14,16-17H2,(H,26,29)/b18-6+/t21-/m1/s1. The number of carbonyl (C=O) groups excluding carboxylic acids is 1. The minimum absolute atomic E-state index is 0.322. The van der Waals surface area contributed by atoms with E-state index in [2.05, 4.69) is 34.0 Å². The molecule has 1 aliphatic carbocycles. The van der Waals surface area contributed by atoms with E-state index in [0.29, 0.717) is 17.1 Å². The van der Waals surface area contributed by atoms with Crippen LogP contribution in [0.25, 0.3) is 0 Å². The van der Waals surface area contributed by atoms with E-state index in [0.717, 1.165) is 43.9 Å². The number of aromatic nitrogens is 1. The lowest BCUT2D eigenvalue weighted by Gasteiger charge is -2.57.